The summed E-state index contributed by atoms with van der Waals surface area (Å²) in [5, 5.41) is 19.8. The van der Waals surface area contributed by atoms with Gasteiger partial charge in [-0.1, -0.05) is 13.0 Å². The number of nitriles is 1. The number of carbonyl (C=O) groups excluding carboxylic acids is 1. The van der Waals surface area contributed by atoms with Crippen molar-refractivity contribution in [3.05, 3.63) is 35.4 Å². The molecular formula is C14H14F2N2O3. The minimum atomic E-state index is -1.31. The van der Waals surface area contributed by atoms with Crippen LogP contribution in [-0.4, -0.2) is 23.0 Å². The van der Waals surface area contributed by atoms with E-state index in [1.165, 1.54) is 13.0 Å². The van der Waals surface area contributed by atoms with Crippen molar-refractivity contribution in [2.24, 2.45) is 5.92 Å². The molecule has 0 aliphatic carbocycles. The van der Waals surface area contributed by atoms with Crippen molar-refractivity contribution in [2.75, 3.05) is 0 Å². The lowest BCUT2D eigenvalue weighted by atomic mass is 9.98. The van der Waals surface area contributed by atoms with Crippen molar-refractivity contribution in [2.45, 2.75) is 25.8 Å². The number of benzene rings is 1. The van der Waals surface area contributed by atoms with Crippen LogP contribution < -0.4 is 5.32 Å². The number of nitrogens with one attached hydrogen (secondary N) is 1. The molecule has 5 nitrogen and oxygen atoms in total. The van der Waals surface area contributed by atoms with E-state index in [2.05, 4.69) is 5.32 Å². The highest BCUT2D eigenvalue weighted by atomic mass is 19.1. The lowest BCUT2D eigenvalue weighted by Gasteiger charge is -2.19. The molecule has 0 unspecified atom stereocenters. The van der Waals surface area contributed by atoms with Gasteiger partial charge in [-0.2, -0.15) is 5.26 Å². The van der Waals surface area contributed by atoms with Crippen LogP contribution in [0, 0.1) is 28.9 Å². The minimum absolute atomic E-state index is 0.0642. The first-order chi connectivity index (χ1) is 9.86. The highest BCUT2D eigenvalue weighted by Crippen LogP contribution is 2.13. The Labute approximate surface area is 120 Å². The molecule has 0 saturated heterocycles. The van der Waals surface area contributed by atoms with Gasteiger partial charge in [-0.05, 0) is 12.1 Å². The summed E-state index contributed by atoms with van der Waals surface area (Å²) >= 11 is 0. The molecule has 1 aromatic carbocycles. The zero-order valence-electron chi connectivity index (χ0n) is 11.3. The van der Waals surface area contributed by atoms with Crippen LogP contribution in [0.3, 0.4) is 0 Å². The largest absolute Gasteiger partial charge is 0.480 e. The monoisotopic (exact) mass is 296 g/mol. The minimum Gasteiger partial charge on any atom is -0.480 e. The van der Waals surface area contributed by atoms with E-state index in [1.54, 1.807) is 0 Å². The second-order valence-electron chi connectivity index (χ2n) is 4.60. The molecule has 1 aromatic rings. The third-order valence-electron chi connectivity index (χ3n) is 2.96. The highest BCUT2D eigenvalue weighted by molar-refractivity contribution is 5.85. The Bertz CT molecular complexity index is 564. The van der Waals surface area contributed by atoms with Crippen LogP contribution in [0.2, 0.25) is 0 Å². The second kappa shape index (κ2) is 7.33. The SMILES string of the molecule is C[C@H](CC#N)[C@H](NC(=O)Cc1c(F)cccc1F)C(=O)O. The summed E-state index contributed by atoms with van der Waals surface area (Å²) in [7, 11) is 0. The molecule has 2 atom stereocenters. The van der Waals surface area contributed by atoms with Crippen LogP contribution in [0.5, 0.6) is 0 Å². The molecular weight excluding hydrogens is 282 g/mol. The maximum atomic E-state index is 13.4. The van der Waals surface area contributed by atoms with Crippen molar-refractivity contribution in [1.82, 2.24) is 5.32 Å². The molecule has 112 valence electrons. The van der Waals surface area contributed by atoms with Gasteiger partial charge in [0.15, 0.2) is 0 Å². The van der Waals surface area contributed by atoms with E-state index < -0.39 is 47.5 Å². The first-order valence-corrected chi connectivity index (χ1v) is 6.18. The normalized spacial score (nSPS) is 13.0. The molecule has 1 amide bonds. The molecule has 1 rings (SSSR count). The average Bonchev–Trinajstić information content (AvgIpc) is 2.40. The molecule has 0 aromatic heterocycles. The van der Waals surface area contributed by atoms with Gasteiger partial charge < -0.3 is 10.4 Å². The maximum Gasteiger partial charge on any atom is 0.326 e. The molecule has 2 N–H and O–H groups in total. The number of carboxylic acid groups (broad SMARTS) is 1. The van der Waals surface area contributed by atoms with Gasteiger partial charge >= 0.3 is 5.97 Å². The number of amides is 1. The fourth-order valence-corrected chi connectivity index (χ4v) is 1.80. The van der Waals surface area contributed by atoms with E-state index in [9.17, 15) is 18.4 Å². The number of carboxylic acids is 1. The number of hydrogen-bond donors (Lipinski definition) is 2. The van der Waals surface area contributed by atoms with Crippen LogP contribution >= 0.6 is 0 Å². The summed E-state index contributed by atoms with van der Waals surface area (Å²) in [5.74, 6) is -4.50. The van der Waals surface area contributed by atoms with Gasteiger partial charge in [0.25, 0.3) is 0 Å². The fraction of sp³-hybridized carbons (Fsp3) is 0.357. The van der Waals surface area contributed by atoms with Gasteiger partial charge in [-0.25, -0.2) is 13.6 Å². The van der Waals surface area contributed by atoms with Crippen LogP contribution in [0.1, 0.15) is 18.9 Å². The van der Waals surface area contributed by atoms with E-state index in [1.807, 2.05) is 6.07 Å². The van der Waals surface area contributed by atoms with E-state index in [-0.39, 0.29) is 6.42 Å². The quantitative estimate of drug-likeness (QED) is 0.834. The fourth-order valence-electron chi connectivity index (χ4n) is 1.80. The Morgan fingerprint density at radius 3 is 2.43 bits per heavy atom. The van der Waals surface area contributed by atoms with E-state index in [0.29, 0.717) is 0 Å². The van der Waals surface area contributed by atoms with Crippen LogP contribution in [0.4, 0.5) is 8.78 Å². The molecule has 0 bridgehead atoms. The van der Waals surface area contributed by atoms with Crippen molar-refractivity contribution in [1.29, 1.82) is 5.26 Å². The zero-order valence-corrected chi connectivity index (χ0v) is 11.3. The van der Waals surface area contributed by atoms with Crippen molar-refractivity contribution >= 4 is 11.9 Å². The number of halogens is 2. The summed E-state index contributed by atoms with van der Waals surface area (Å²) in [6.07, 6.45) is -0.674. The Hall–Kier alpha value is -2.49. The molecule has 7 heteroatoms. The van der Waals surface area contributed by atoms with Gasteiger partial charge in [0, 0.05) is 17.9 Å². The highest BCUT2D eigenvalue weighted by Gasteiger charge is 2.27. The number of nitrogens with zero attached hydrogens (tertiary/aromatic N) is 1. The Balaban J connectivity index is 2.80. The summed E-state index contributed by atoms with van der Waals surface area (Å²) < 4.78 is 26.8. The van der Waals surface area contributed by atoms with Crippen LogP contribution in [0.15, 0.2) is 18.2 Å². The summed E-state index contributed by atoms with van der Waals surface area (Å²) in [5.41, 5.74) is -0.424. The molecule has 0 saturated carbocycles. The predicted molar refractivity (Wildman–Crippen MR) is 69.0 cm³/mol. The second-order valence-corrected chi connectivity index (χ2v) is 4.60. The molecule has 0 aliphatic rings. The van der Waals surface area contributed by atoms with E-state index in [4.69, 9.17) is 10.4 Å². The molecule has 0 aliphatic heterocycles. The summed E-state index contributed by atoms with van der Waals surface area (Å²) in [6.45, 7) is 1.49. The lowest BCUT2D eigenvalue weighted by molar-refractivity contribution is -0.143. The molecule has 21 heavy (non-hydrogen) atoms. The van der Waals surface area contributed by atoms with Crippen molar-refractivity contribution < 1.29 is 23.5 Å². The maximum absolute atomic E-state index is 13.4. The van der Waals surface area contributed by atoms with Gasteiger partial charge in [-0.15, -0.1) is 0 Å². The Morgan fingerprint density at radius 1 is 1.38 bits per heavy atom. The van der Waals surface area contributed by atoms with Crippen molar-refractivity contribution in [3.63, 3.8) is 0 Å². The molecule has 0 radical (unpaired) electrons. The molecule has 0 heterocycles. The summed E-state index contributed by atoms with van der Waals surface area (Å²) in [4.78, 5) is 22.8. The number of rotatable bonds is 6. The van der Waals surface area contributed by atoms with E-state index in [0.717, 1.165) is 12.1 Å². The standard InChI is InChI=1S/C14H14F2N2O3/c1-8(5-6-17)13(14(20)21)18-12(19)7-9-10(15)3-2-4-11(9)16/h2-4,8,13H,5,7H2,1H3,(H,18,19)(H,20,21)/t8-,13+/m1/s1. The predicted octanol–water partition coefficient (Wildman–Crippen LogP) is 1.63. The van der Waals surface area contributed by atoms with Crippen LogP contribution in [0.25, 0.3) is 0 Å². The van der Waals surface area contributed by atoms with E-state index >= 15 is 0 Å². The first kappa shape index (κ1) is 16.6. The Morgan fingerprint density at radius 2 is 1.95 bits per heavy atom. The smallest absolute Gasteiger partial charge is 0.326 e. The zero-order chi connectivity index (χ0) is 16.0. The van der Waals surface area contributed by atoms with Gasteiger partial charge in [-0.3, -0.25) is 4.79 Å². The van der Waals surface area contributed by atoms with Gasteiger partial charge in [0.1, 0.15) is 17.7 Å². The van der Waals surface area contributed by atoms with Crippen molar-refractivity contribution in [3.8, 4) is 6.07 Å². The first-order valence-electron chi connectivity index (χ1n) is 6.18. The average molecular weight is 296 g/mol. The third-order valence-corrected chi connectivity index (χ3v) is 2.96. The number of hydrogen-bond acceptors (Lipinski definition) is 3. The number of aliphatic carboxylic acids is 1. The third kappa shape index (κ3) is 4.53. The lowest BCUT2D eigenvalue weighted by Crippen LogP contribution is -2.45. The van der Waals surface area contributed by atoms with Crippen LogP contribution in [-0.2, 0) is 16.0 Å². The molecule has 0 fully saturated rings. The molecule has 0 spiro atoms. The van der Waals surface area contributed by atoms with Gasteiger partial charge in [0.05, 0.1) is 12.5 Å². The Kier molecular flexibility index (Phi) is 5.79. The summed E-state index contributed by atoms with van der Waals surface area (Å²) in [6, 6.07) is 3.72. The number of carbonyl (C=O) groups is 2. The van der Waals surface area contributed by atoms with Gasteiger partial charge in [0.2, 0.25) is 5.91 Å². The topological polar surface area (TPSA) is 90.2 Å².